The lowest BCUT2D eigenvalue weighted by Gasteiger charge is -2.29. The lowest BCUT2D eigenvalue weighted by atomic mass is 10.2. The van der Waals surface area contributed by atoms with Crippen molar-refractivity contribution in [1.29, 1.82) is 0 Å². The molecular weight excluding hydrogens is 244 g/mol. The third-order valence-electron chi connectivity index (χ3n) is 3.05. The Kier molecular flexibility index (Phi) is 5.94. The molecule has 1 heterocycles. The highest BCUT2D eigenvalue weighted by Crippen LogP contribution is 2.19. The van der Waals surface area contributed by atoms with Gasteiger partial charge in [-0.05, 0) is 24.3 Å². The zero-order valence-corrected chi connectivity index (χ0v) is 11.2. The van der Waals surface area contributed by atoms with Crippen molar-refractivity contribution in [2.24, 2.45) is 0 Å². The van der Waals surface area contributed by atoms with Crippen molar-refractivity contribution in [2.45, 2.75) is 0 Å². The zero-order chi connectivity index (χ0) is 13.3. The minimum absolute atomic E-state index is 0.0549. The largest absolute Gasteiger partial charge is 0.491 e. The summed E-state index contributed by atoms with van der Waals surface area (Å²) in [4.78, 5) is 2.37. The molecule has 1 aromatic rings. The molecule has 0 aliphatic carbocycles. The molecule has 19 heavy (non-hydrogen) atoms. The van der Waals surface area contributed by atoms with Crippen LogP contribution in [-0.2, 0) is 4.74 Å². The van der Waals surface area contributed by atoms with Gasteiger partial charge in [0.25, 0.3) is 0 Å². The molecule has 1 aliphatic heterocycles. The van der Waals surface area contributed by atoms with Crippen LogP contribution in [0.3, 0.4) is 0 Å². The maximum Gasteiger partial charge on any atom is 0.119 e. The molecule has 2 rings (SSSR count). The Morgan fingerprint density at radius 3 is 2.47 bits per heavy atom. The highest BCUT2D eigenvalue weighted by molar-refractivity contribution is 5.49. The van der Waals surface area contributed by atoms with Gasteiger partial charge < -0.3 is 24.8 Å². The molecule has 1 aliphatic rings. The van der Waals surface area contributed by atoms with Gasteiger partial charge >= 0.3 is 0 Å². The molecule has 0 spiro atoms. The fraction of sp³-hybridized carbons (Fsp3) is 0.571. The van der Waals surface area contributed by atoms with Gasteiger partial charge in [-0.3, -0.25) is 0 Å². The summed E-state index contributed by atoms with van der Waals surface area (Å²) in [6.07, 6.45) is 0. The number of piperazine rings is 1. The molecule has 1 aromatic carbocycles. The van der Waals surface area contributed by atoms with Gasteiger partial charge in [0, 0.05) is 31.9 Å². The van der Waals surface area contributed by atoms with Crippen LogP contribution < -0.4 is 15.0 Å². The van der Waals surface area contributed by atoms with E-state index in [0.29, 0.717) is 19.8 Å². The number of ether oxygens (including phenoxy) is 2. The number of benzene rings is 1. The summed E-state index contributed by atoms with van der Waals surface area (Å²) < 4.78 is 10.7. The van der Waals surface area contributed by atoms with Crippen molar-refractivity contribution in [2.75, 3.05) is 57.5 Å². The van der Waals surface area contributed by atoms with Crippen LogP contribution in [0.2, 0.25) is 0 Å². The van der Waals surface area contributed by atoms with Crippen LogP contribution in [0.15, 0.2) is 24.3 Å². The number of aliphatic hydroxyl groups excluding tert-OH is 1. The second-order valence-corrected chi connectivity index (χ2v) is 4.42. The van der Waals surface area contributed by atoms with Gasteiger partial charge in [-0.15, -0.1) is 0 Å². The molecule has 0 saturated carbocycles. The lowest BCUT2D eigenvalue weighted by molar-refractivity contribution is 0.0705. The van der Waals surface area contributed by atoms with Crippen LogP contribution in [-0.4, -0.2) is 57.7 Å². The molecule has 0 aromatic heterocycles. The first-order valence-corrected chi connectivity index (χ1v) is 6.77. The Balaban J connectivity index is 1.74. The van der Waals surface area contributed by atoms with Gasteiger partial charge in [0.2, 0.25) is 0 Å². The fourth-order valence-corrected chi connectivity index (χ4v) is 2.06. The number of hydrogen-bond donors (Lipinski definition) is 2. The van der Waals surface area contributed by atoms with E-state index in [1.54, 1.807) is 0 Å². The number of aliphatic hydroxyl groups is 1. The molecule has 1 fully saturated rings. The highest BCUT2D eigenvalue weighted by Gasteiger charge is 2.09. The van der Waals surface area contributed by atoms with Gasteiger partial charge in [-0.2, -0.15) is 0 Å². The Morgan fingerprint density at radius 2 is 1.79 bits per heavy atom. The SMILES string of the molecule is OCCOCCOc1ccc(N2CCNCC2)cc1. The fourth-order valence-electron chi connectivity index (χ4n) is 2.06. The van der Waals surface area contributed by atoms with E-state index in [1.807, 2.05) is 12.1 Å². The number of rotatable bonds is 7. The number of nitrogens with one attached hydrogen (secondary N) is 1. The van der Waals surface area contributed by atoms with Crippen LogP contribution >= 0.6 is 0 Å². The molecule has 106 valence electrons. The molecule has 5 heteroatoms. The standard InChI is InChI=1S/C14H22N2O3/c17-9-10-18-11-12-19-14-3-1-13(2-4-14)16-7-5-15-6-8-16/h1-4,15,17H,5-12H2. The average Bonchev–Trinajstić information content (AvgIpc) is 2.49. The predicted octanol–water partition coefficient (Wildman–Crippen LogP) is 0.484. The summed E-state index contributed by atoms with van der Waals surface area (Å²) in [7, 11) is 0. The maximum absolute atomic E-state index is 8.56. The van der Waals surface area contributed by atoms with E-state index in [-0.39, 0.29) is 6.61 Å². The van der Waals surface area contributed by atoms with Crippen LogP contribution in [0.1, 0.15) is 0 Å². The lowest BCUT2D eigenvalue weighted by Crippen LogP contribution is -2.43. The highest BCUT2D eigenvalue weighted by atomic mass is 16.5. The summed E-state index contributed by atoms with van der Waals surface area (Å²) >= 11 is 0. The summed E-state index contributed by atoms with van der Waals surface area (Å²) in [6.45, 7) is 5.61. The Bertz CT molecular complexity index is 350. The second kappa shape index (κ2) is 7.99. The van der Waals surface area contributed by atoms with Gasteiger partial charge in [-0.25, -0.2) is 0 Å². The first kappa shape index (κ1) is 14.1. The third kappa shape index (κ3) is 4.70. The first-order valence-electron chi connectivity index (χ1n) is 6.77. The van der Waals surface area contributed by atoms with Crippen molar-refractivity contribution >= 4 is 5.69 Å². The number of anilines is 1. The van der Waals surface area contributed by atoms with Gasteiger partial charge in [-0.1, -0.05) is 0 Å². The maximum atomic E-state index is 8.56. The first-order chi connectivity index (χ1) is 9.40. The van der Waals surface area contributed by atoms with E-state index < -0.39 is 0 Å². The average molecular weight is 266 g/mol. The Morgan fingerprint density at radius 1 is 1.05 bits per heavy atom. The van der Waals surface area contributed by atoms with Gasteiger partial charge in [0.15, 0.2) is 0 Å². The molecular formula is C14H22N2O3. The zero-order valence-electron chi connectivity index (χ0n) is 11.2. The normalized spacial score (nSPS) is 15.5. The van der Waals surface area contributed by atoms with Crippen molar-refractivity contribution in [3.8, 4) is 5.75 Å². The van der Waals surface area contributed by atoms with E-state index in [1.165, 1.54) is 5.69 Å². The van der Waals surface area contributed by atoms with Crippen LogP contribution in [0, 0.1) is 0 Å². The van der Waals surface area contributed by atoms with E-state index in [4.69, 9.17) is 14.6 Å². The van der Waals surface area contributed by atoms with E-state index in [0.717, 1.165) is 31.9 Å². The second-order valence-electron chi connectivity index (χ2n) is 4.42. The topological polar surface area (TPSA) is 54.0 Å². The monoisotopic (exact) mass is 266 g/mol. The van der Waals surface area contributed by atoms with Crippen molar-refractivity contribution in [1.82, 2.24) is 5.32 Å². The van der Waals surface area contributed by atoms with E-state index in [2.05, 4.69) is 22.3 Å². The molecule has 0 unspecified atom stereocenters. The molecule has 1 saturated heterocycles. The summed E-state index contributed by atoms with van der Waals surface area (Å²) in [5, 5.41) is 11.9. The molecule has 0 amide bonds. The molecule has 0 radical (unpaired) electrons. The minimum Gasteiger partial charge on any atom is -0.491 e. The van der Waals surface area contributed by atoms with Crippen LogP contribution in [0.25, 0.3) is 0 Å². The molecule has 0 bridgehead atoms. The quantitative estimate of drug-likeness (QED) is 0.703. The van der Waals surface area contributed by atoms with Crippen molar-refractivity contribution in [3.05, 3.63) is 24.3 Å². The Hall–Kier alpha value is -1.30. The number of hydrogen-bond acceptors (Lipinski definition) is 5. The summed E-state index contributed by atoms with van der Waals surface area (Å²) in [5.74, 6) is 0.853. The Labute approximate surface area is 114 Å². The smallest absolute Gasteiger partial charge is 0.119 e. The molecule has 5 nitrogen and oxygen atoms in total. The predicted molar refractivity (Wildman–Crippen MR) is 74.9 cm³/mol. The van der Waals surface area contributed by atoms with Crippen molar-refractivity contribution < 1.29 is 14.6 Å². The van der Waals surface area contributed by atoms with Crippen molar-refractivity contribution in [3.63, 3.8) is 0 Å². The molecule has 0 atom stereocenters. The minimum atomic E-state index is 0.0549. The van der Waals surface area contributed by atoms with Crippen LogP contribution in [0.5, 0.6) is 5.75 Å². The van der Waals surface area contributed by atoms with Crippen LogP contribution in [0.4, 0.5) is 5.69 Å². The molecule has 2 N–H and O–H groups in total. The summed E-state index contributed by atoms with van der Waals surface area (Å²) in [6, 6.07) is 8.16. The third-order valence-corrected chi connectivity index (χ3v) is 3.05. The van der Waals surface area contributed by atoms with E-state index >= 15 is 0 Å². The van der Waals surface area contributed by atoms with E-state index in [9.17, 15) is 0 Å². The number of nitrogens with zero attached hydrogens (tertiary/aromatic N) is 1. The van der Waals surface area contributed by atoms with Gasteiger partial charge in [0.1, 0.15) is 12.4 Å². The van der Waals surface area contributed by atoms with Gasteiger partial charge in [0.05, 0.1) is 19.8 Å². The summed E-state index contributed by atoms with van der Waals surface area (Å²) in [5.41, 5.74) is 1.24.